The Morgan fingerprint density at radius 3 is 2.65 bits per heavy atom. The third-order valence-electron chi connectivity index (χ3n) is 3.79. The number of aryl methyl sites for hydroxylation is 1. The van der Waals surface area contributed by atoms with E-state index in [1.54, 1.807) is 11.3 Å². The van der Waals surface area contributed by atoms with Gasteiger partial charge in [0.15, 0.2) is 5.96 Å². The molecule has 4 nitrogen and oxygen atoms in total. The lowest BCUT2D eigenvalue weighted by atomic mass is 10.1. The van der Waals surface area contributed by atoms with E-state index >= 15 is 0 Å². The van der Waals surface area contributed by atoms with Crippen LogP contribution in [0.15, 0.2) is 29.3 Å². The van der Waals surface area contributed by atoms with Gasteiger partial charge in [-0.25, -0.2) is 9.98 Å². The van der Waals surface area contributed by atoms with Gasteiger partial charge in [0.25, 0.3) is 0 Å². The summed E-state index contributed by atoms with van der Waals surface area (Å²) in [6.45, 7) is 2.61. The number of thiazole rings is 1. The second kappa shape index (κ2) is 7.81. The summed E-state index contributed by atoms with van der Waals surface area (Å²) in [5, 5.41) is 1.71. The molecule has 1 aliphatic rings. The maximum atomic E-state index is 6.02. The van der Waals surface area contributed by atoms with Crippen LogP contribution in [0, 0.1) is 6.92 Å². The molecule has 0 radical (unpaired) electrons. The van der Waals surface area contributed by atoms with Crippen molar-refractivity contribution in [2.45, 2.75) is 32.4 Å². The first-order valence-corrected chi connectivity index (χ1v) is 8.49. The Labute approximate surface area is 162 Å². The van der Waals surface area contributed by atoms with Crippen LogP contribution in [-0.4, -0.2) is 28.9 Å². The third-order valence-corrected chi connectivity index (χ3v) is 5.00. The number of nitrogens with zero attached hydrogens (tertiary/aromatic N) is 3. The van der Waals surface area contributed by atoms with Crippen LogP contribution in [0.5, 0.6) is 0 Å². The summed E-state index contributed by atoms with van der Waals surface area (Å²) in [5.74, 6) is 0.600. The third kappa shape index (κ3) is 4.58. The highest BCUT2D eigenvalue weighted by Gasteiger charge is 2.27. The first kappa shape index (κ1) is 18.5. The molecule has 0 atom stereocenters. The van der Waals surface area contributed by atoms with E-state index in [1.807, 2.05) is 31.3 Å². The van der Waals surface area contributed by atoms with Gasteiger partial charge in [0.1, 0.15) is 5.01 Å². The number of nitrogens with two attached hydrogens (primary N) is 1. The van der Waals surface area contributed by atoms with Gasteiger partial charge in [0.05, 0.1) is 12.2 Å². The van der Waals surface area contributed by atoms with E-state index in [0.29, 0.717) is 18.5 Å². The molecule has 1 aromatic carbocycles. The Bertz CT molecular complexity index is 695. The Hall–Kier alpha value is -0.860. The van der Waals surface area contributed by atoms with E-state index in [-0.39, 0.29) is 24.0 Å². The van der Waals surface area contributed by atoms with Crippen molar-refractivity contribution in [3.8, 4) is 11.3 Å². The van der Waals surface area contributed by atoms with E-state index in [2.05, 4.69) is 16.8 Å². The smallest absolute Gasteiger partial charge is 0.191 e. The Balaban J connectivity index is 0.00000192. The molecule has 1 heterocycles. The first-order chi connectivity index (χ1) is 10.5. The molecule has 1 saturated carbocycles. The molecule has 0 unspecified atom stereocenters. The SMILES string of the molecule is Cc1sc(CN=C(N)N(C)C2CC2)nc1-c1ccc(Cl)cc1.I. The summed E-state index contributed by atoms with van der Waals surface area (Å²) in [6.07, 6.45) is 2.42. The molecular weight excluding hydrogens is 443 g/mol. The van der Waals surface area contributed by atoms with E-state index in [9.17, 15) is 0 Å². The molecule has 0 saturated heterocycles. The molecule has 2 N–H and O–H groups in total. The summed E-state index contributed by atoms with van der Waals surface area (Å²) in [4.78, 5) is 12.4. The van der Waals surface area contributed by atoms with Crippen molar-refractivity contribution in [3.63, 3.8) is 0 Å². The van der Waals surface area contributed by atoms with Crippen LogP contribution in [0.4, 0.5) is 0 Å². The molecule has 0 spiro atoms. The molecule has 2 aromatic rings. The number of guanidine groups is 1. The van der Waals surface area contributed by atoms with Gasteiger partial charge in [-0.2, -0.15) is 0 Å². The standard InChI is InChI=1S/C16H19ClN4S.HI/c1-10-15(11-3-5-12(17)6-4-11)20-14(22-10)9-19-16(18)21(2)13-7-8-13;/h3-6,13H,7-9H2,1-2H3,(H2,18,19);1H. The minimum atomic E-state index is 0. The van der Waals surface area contributed by atoms with Gasteiger partial charge in [-0.05, 0) is 31.9 Å². The van der Waals surface area contributed by atoms with Crippen LogP contribution < -0.4 is 5.73 Å². The van der Waals surface area contributed by atoms with Gasteiger partial charge in [-0.15, -0.1) is 35.3 Å². The van der Waals surface area contributed by atoms with Crippen LogP contribution in [0.1, 0.15) is 22.7 Å². The van der Waals surface area contributed by atoms with Crippen molar-refractivity contribution >= 4 is 52.9 Å². The van der Waals surface area contributed by atoms with Gasteiger partial charge in [0.2, 0.25) is 0 Å². The maximum absolute atomic E-state index is 6.02. The fourth-order valence-electron chi connectivity index (χ4n) is 2.30. The number of rotatable bonds is 4. The van der Waals surface area contributed by atoms with Gasteiger partial charge < -0.3 is 10.6 Å². The molecular formula is C16H20ClIN4S. The van der Waals surface area contributed by atoms with Gasteiger partial charge in [-0.1, -0.05) is 23.7 Å². The summed E-state index contributed by atoms with van der Waals surface area (Å²) in [5.41, 5.74) is 8.10. The lowest BCUT2D eigenvalue weighted by Gasteiger charge is -2.16. The van der Waals surface area contributed by atoms with E-state index in [4.69, 9.17) is 22.3 Å². The van der Waals surface area contributed by atoms with Crippen LogP contribution in [0.3, 0.4) is 0 Å². The van der Waals surface area contributed by atoms with Gasteiger partial charge in [0, 0.05) is 28.6 Å². The fraction of sp³-hybridized carbons (Fsp3) is 0.375. The first-order valence-electron chi connectivity index (χ1n) is 7.29. The average Bonchev–Trinajstić information content (AvgIpc) is 3.29. The summed E-state index contributed by atoms with van der Waals surface area (Å²) < 4.78 is 0. The normalized spacial score (nSPS) is 14.5. The monoisotopic (exact) mass is 462 g/mol. The Kier molecular flexibility index (Phi) is 6.27. The topological polar surface area (TPSA) is 54.5 Å². The maximum Gasteiger partial charge on any atom is 0.191 e. The molecule has 7 heteroatoms. The highest BCUT2D eigenvalue weighted by Crippen LogP contribution is 2.29. The second-order valence-corrected chi connectivity index (χ2v) is 7.26. The van der Waals surface area contributed by atoms with Crippen molar-refractivity contribution in [1.82, 2.24) is 9.88 Å². The highest BCUT2D eigenvalue weighted by atomic mass is 127. The zero-order chi connectivity index (χ0) is 15.7. The zero-order valence-electron chi connectivity index (χ0n) is 13.1. The number of halogens is 2. The Morgan fingerprint density at radius 1 is 1.39 bits per heavy atom. The fourth-order valence-corrected chi connectivity index (χ4v) is 3.31. The van der Waals surface area contributed by atoms with Gasteiger partial charge in [-0.3, -0.25) is 0 Å². The number of hydrogen-bond acceptors (Lipinski definition) is 3. The van der Waals surface area contributed by atoms with Crippen molar-refractivity contribution in [3.05, 3.63) is 39.2 Å². The van der Waals surface area contributed by atoms with Crippen LogP contribution >= 0.6 is 46.9 Å². The quantitative estimate of drug-likeness (QED) is 0.419. The summed E-state index contributed by atoms with van der Waals surface area (Å²) in [7, 11) is 2.00. The molecule has 23 heavy (non-hydrogen) atoms. The second-order valence-electron chi connectivity index (χ2n) is 5.54. The molecule has 0 amide bonds. The van der Waals surface area contributed by atoms with Gasteiger partial charge >= 0.3 is 0 Å². The predicted molar refractivity (Wildman–Crippen MR) is 109 cm³/mol. The van der Waals surface area contributed by atoms with Crippen molar-refractivity contribution in [2.75, 3.05) is 7.05 Å². The predicted octanol–water partition coefficient (Wildman–Crippen LogP) is 4.30. The molecule has 1 fully saturated rings. The van der Waals surface area contributed by atoms with Crippen LogP contribution in [-0.2, 0) is 6.54 Å². The molecule has 1 aliphatic carbocycles. The lowest BCUT2D eigenvalue weighted by molar-refractivity contribution is 0.487. The molecule has 124 valence electrons. The van der Waals surface area contributed by atoms with E-state index < -0.39 is 0 Å². The Morgan fingerprint density at radius 2 is 2.04 bits per heavy atom. The van der Waals surface area contributed by atoms with Crippen LogP contribution in [0.2, 0.25) is 5.02 Å². The van der Waals surface area contributed by atoms with Crippen molar-refractivity contribution in [2.24, 2.45) is 10.7 Å². The largest absolute Gasteiger partial charge is 0.370 e. The van der Waals surface area contributed by atoms with E-state index in [1.165, 1.54) is 17.7 Å². The minimum Gasteiger partial charge on any atom is -0.370 e. The molecule has 3 rings (SSSR count). The summed E-state index contributed by atoms with van der Waals surface area (Å²) >= 11 is 7.60. The summed E-state index contributed by atoms with van der Waals surface area (Å²) in [6, 6.07) is 8.33. The minimum absolute atomic E-state index is 0. The number of benzene rings is 1. The van der Waals surface area contributed by atoms with Crippen molar-refractivity contribution < 1.29 is 0 Å². The van der Waals surface area contributed by atoms with Crippen molar-refractivity contribution in [1.29, 1.82) is 0 Å². The zero-order valence-corrected chi connectivity index (χ0v) is 17.0. The molecule has 1 aromatic heterocycles. The number of aliphatic imine (C=N–C) groups is 1. The highest BCUT2D eigenvalue weighted by molar-refractivity contribution is 14.0. The molecule has 0 aliphatic heterocycles. The lowest BCUT2D eigenvalue weighted by Crippen LogP contribution is -2.35. The number of aromatic nitrogens is 1. The number of hydrogen-bond donors (Lipinski definition) is 1. The van der Waals surface area contributed by atoms with Crippen LogP contribution in [0.25, 0.3) is 11.3 Å². The average molecular weight is 463 g/mol. The van der Waals surface area contributed by atoms with E-state index in [0.717, 1.165) is 21.3 Å². The molecule has 0 bridgehead atoms.